The van der Waals surface area contributed by atoms with Crippen molar-refractivity contribution in [1.82, 2.24) is 0 Å². The molecule has 0 saturated heterocycles. The van der Waals surface area contributed by atoms with Gasteiger partial charge in [-0.3, -0.25) is 9.59 Å². The van der Waals surface area contributed by atoms with Crippen LogP contribution in [0, 0.1) is 0 Å². The molecule has 0 aliphatic rings. The number of nitrogens with two attached hydrogens (primary N) is 1. The van der Waals surface area contributed by atoms with Crippen LogP contribution in [0.2, 0.25) is 0 Å². The van der Waals surface area contributed by atoms with Gasteiger partial charge in [0.05, 0.1) is 5.56 Å². The third kappa shape index (κ3) is 6.27. The quantitative estimate of drug-likeness (QED) is 0.583. The Kier molecular flexibility index (Phi) is 6.54. The van der Waals surface area contributed by atoms with Crippen LogP contribution in [0.5, 0.6) is 0 Å². The number of anilines is 1. The average molecular weight is 392 g/mol. The number of carbonyl (C=O) groups is 3. The predicted octanol–water partition coefficient (Wildman–Crippen LogP) is 3.00. The van der Waals surface area contributed by atoms with E-state index in [2.05, 4.69) is 5.32 Å². The first kappa shape index (κ1) is 20.7. The van der Waals surface area contributed by atoms with Crippen molar-refractivity contribution >= 4 is 29.5 Å². The van der Waals surface area contributed by atoms with Gasteiger partial charge in [0.1, 0.15) is 0 Å². The number of alkyl halides is 3. The minimum atomic E-state index is -4.44. The van der Waals surface area contributed by atoms with Gasteiger partial charge < -0.3 is 15.8 Å². The molecule has 0 heterocycles. The first-order valence-corrected chi connectivity index (χ1v) is 7.87. The number of hydrogen-bond acceptors (Lipinski definition) is 4. The van der Waals surface area contributed by atoms with Crippen LogP contribution >= 0.6 is 0 Å². The number of carbonyl (C=O) groups excluding carboxylic acids is 3. The van der Waals surface area contributed by atoms with Gasteiger partial charge in [-0.15, -0.1) is 0 Å². The van der Waals surface area contributed by atoms with E-state index in [0.717, 1.165) is 18.2 Å². The maximum atomic E-state index is 12.5. The van der Waals surface area contributed by atoms with E-state index in [-0.39, 0.29) is 5.56 Å². The van der Waals surface area contributed by atoms with Crippen LogP contribution in [0.3, 0.4) is 0 Å². The van der Waals surface area contributed by atoms with Gasteiger partial charge in [-0.1, -0.05) is 12.1 Å². The molecule has 0 aromatic heterocycles. The Morgan fingerprint density at radius 1 is 1.00 bits per heavy atom. The molecule has 0 radical (unpaired) electrons. The Labute approximate surface area is 157 Å². The Balaban J connectivity index is 1.82. The molecule has 0 atom stereocenters. The fourth-order valence-electron chi connectivity index (χ4n) is 2.05. The number of hydrogen-bond donors (Lipinski definition) is 2. The minimum absolute atomic E-state index is 0.276. The van der Waals surface area contributed by atoms with Crippen molar-refractivity contribution in [3.05, 3.63) is 71.3 Å². The smallest absolute Gasteiger partial charge is 0.416 e. The highest BCUT2D eigenvalue weighted by molar-refractivity contribution is 5.96. The van der Waals surface area contributed by atoms with E-state index in [1.54, 1.807) is 0 Å². The first-order chi connectivity index (χ1) is 13.1. The average Bonchev–Trinajstić information content (AvgIpc) is 2.64. The van der Waals surface area contributed by atoms with Crippen LogP contribution in [0.4, 0.5) is 18.9 Å². The molecule has 2 aromatic carbocycles. The van der Waals surface area contributed by atoms with E-state index in [1.807, 2.05) is 0 Å². The van der Waals surface area contributed by atoms with Crippen LogP contribution in [0.1, 0.15) is 21.5 Å². The largest absolute Gasteiger partial charge is 0.452 e. The van der Waals surface area contributed by atoms with Gasteiger partial charge in [-0.05, 0) is 48.0 Å². The molecule has 2 aromatic rings. The lowest BCUT2D eigenvalue weighted by Gasteiger charge is -2.06. The number of benzene rings is 2. The molecule has 2 amide bonds. The van der Waals surface area contributed by atoms with Gasteiger partial charge in [-0.25, -0.2) is 4.79 Å². The molecule has 9 heteroatoms. The topological polar surface area (TPSA) is 98.5 Å². The van der Waals surface area contributed by atoms with Crippen molar-refractivity contribution < 1.29 is 32.3 Å². The van der Waals surface area contributed by atoms with Crippen LogP contribution < -0.4 is 11.1 Å². The molecule has 28 heavy (non-hydrogen) atoms. The van der Waals surface area contributed by atoms with Gasteiger partial charge in [0.25, 0.3) is 5.91 Å². The second kappa shape index (κ2) is 8.85. The van der Waals surface area contributed by atoms with Gasteiger partial charge in [-0.2, -0.15) is 13.2 Å². The molecular formula is C19H15F3N2O4. The second-order valence-corrected chi connectivity index (χ2v) is 5.55. The van der Waals surface area contributed by atoms with Crippen molar-refractivity contribution in [2.24, 2.45) is 5.73 Å². The van der Waals surface area contributed by atoms with Crippen molar-refractivity contribution in [2.45, 2.75) is 6.18 Å². The van der Waals surface area contributed by atoms with Crippen LogP contribution in [0.15, 0.2) is 54.6 Å². The summed E-state index contributed by atoms with van der Waals surface area (Å²) >= 11 is 0. The zero-order valence-electron chi connectivity index (χ0n) is 14.3. The summed E-state index contributed by atoms with van der Waals surface area (Å²) in [6, 6.07) is 9.97. The predicted molar refractivity (Wildman–Crippen MR) is 95.0 cm³/mol. The second-order valence-electron chi connectivity index (χ2n) is 5.55. The molecule has 0 unspecified atom stereocenters. The van der Waals surface area contributed by atoms with Gasteiger partial charge >= 0.3 is 12.1 Å². The van der Waals surface area contributed by atoms with Crippen LogP contribution in [0.25, 0.3) is 6.08 Å². The summed E-state index contributed by atoms with van der Waals surface area (Å²) in [5.41, 5.74) is 5.33. The Morgan fingerprint density at radius 2 is 1.61 bits per heavy atom. The molecule has 2 rings (SSSR count). The van der Waals surface area contributed by atoms with E-state index in [1.165, 1.54) is 42.5 Å². The molecule has 0 saturated carbocycles. The van der Waals surface area contributed by atoms with Crippen molar-refractivity contribution in [3.63, 3.8) is 0 Å². The lowest BCUT2D eigenvalue weighted by Crippen LogP contribution is -2.20. The standard InChI is InChI=1S/C19H15F3N2O4/c20-19(21,22)14-6-1-12(2-7-14)3-10-17(26)28-11-16(25)24-15-8-4-13(5-9-15)18(23)27/h1-10H,11H2,(H2,23,27)(H,24,25)/b10-3+. The fraction of sp³-hybridized carbons (Fsp3) is 0.105. The highest BCUT2D eigenvalue weighted by Crippen LogP contribution is 2.29. The summed E-state index contributed by atoms with van der Waals surface area (Å²) in [6.07, 6.45) is -2.17. The van der Waals surface area contributed by atoms with Crippen molar-refractivity contribution in [1.29, 1.82) is 0 Å². The Morgan fingerprint density at radius 3 is 2.14 bits per heavy atom. The molecular weight excluding hydrogens is 377 g/mol. The van der Waals surface area contributed by atoms with Gasteiger partial charge in [0, 0.05) is 17.3 Å². The van der Waals surface area contributed by atoms with E-state index >= 15 is 0 Å². The van der Waals surface area contributed by atoms with Gasteiger partial charge in [0.15, 0.2) is 6.61 Å². The number of amides is 2. The highest BCUT2D eigenvalue weighted by Gasteiger charge is 2.29. The summed E-state index contributed by atoms with van der Waals surface area (Å²) < 4.78 is 42.2. The van der Waals surface area contributed by atoms with E-state index < -0.39 is 36.1 Å². The summed E-state index contributed by atoms with van der Waals surface area (Å²) in [4.78, 5) is 34.3. The molecule has 0 aliphatic carbocycles. The van der Waals surface area contributed by atoms with E-state index in [4.69, 9.17) is 10.5 Å². The molecule has 0 spiro atoms. The highest BCUT2D eigenvalue weighted by atomic mass is 19.4. The molecule has 3 N–H and O–H groups in total. The number of halogens is 3. The summed E-state index contributed by atoms with van der Waals surface area (Å²) in [5.74, 6) is -2.05. The van der Waals surface area contributed by atoms with Gasteiger partial charge in [0.2, 0.25) is 5.91 Å². The molecule has 0 bridgehead atoms. The lowest BCUT2D eigenvalue weighted by atomic mass is 10.1. The zero-order chi connectivity index (χ0) is 20.7. The summed E-state index contributed by atoms with van der Waals surface area (Å²) in [5, 5.41) is 2.46. The molecule has 6 nitrogen and oxygen atoms in total. The SMILES string of the molecule is NC(=O)c1ccc(NC(=O)COC(=O)/C=C/c2ccc(C(F)(F)F)cc2)cc1. The molecule has 0 aliphatic heterocycles. The Hall–Kier alpha value is -3.62. The third-order valence-corrected chi connectivity index (χ3v) is 3.45. The molecule has 146 valence electrons. The Bertz CT molecular complexity index is 889. The molecule has 0 fully saturated rings. The van der Waals surface area contributed by atoms with Crippen molar-refractivity contribution in [2.75, 3.05) is 11.9 Å². The number of esters is 1. The first-order valence-electron chi connectivity index (χ1n) is 7.87. The summed E-state index contributed by atoms with van der Waals surface area (Å²) in [7, 11) is 0. The number of ether oxygens (including phenoxy) is 1. The number of primary amides is 1. The van der Waals surface area contributed by atoms with Crippen molar-refractivity contribution in [3.8, 4) is 0 Å². The number of nitrogens with one attached hydrogen (secondary N) is 1. The lowest BCUT2D eigenvalue weighted by molar-refractivity contribution is -0.142. The van der Waals surface area contributed by atoms with Crippen LogP contribution in [-0.4, -0.2) is 24.4 Å². The fourth-order valence-corrected chi connectivity index (χ4v) is 2.05. The number of rotatable bonds is 6. The van der Waals surface area contributed by atoms with E-state index in [9.17, 15) is 27.6 Å². The normalized spacial score (nSPS) is 11.2. The monoisotopic (exact) mass is 392 g/mol. The van der Waals surface area contributed by atoms with E-state index in [0.29, 0.717) is 11.3 Å². The van der Waals surface area contributed by atoms with Crippen LogP contribution in [-0.2, 0) is 20.5 Å². The maximum absolute atomic E-state index is 12.5. The summed E-state index contributed by atoms with van der Waals surface area (Å²) in [6.45, 7) is -0.562. The maximum Gasteiger partial charge on any atom is 0.416 e. The minimum Gasteiger partial charge on any atom is -0.452 e. The zero-order valence-corrected chi connectivity index (χ0v) is 14.3. The third-order valence-electron chi connectivity index (χ3n) is 3.45.